The molecule has 104 valence electrons. The van der Waals surface area contributed by atoms with Gasteiger partial charge in [-0.05, 0) is 19.5 Å². The number of hydrogen-bond donors (Lipinski definition) is 2. The Morgan fingerprint density at radius 2 is 2.05 bits per heavy atom. The molecule has 1 fully saturated rings. The van der Waals surface area contributed by atoms with E-state index in [-0.39, 0.29) is 18.0 Å². The maximum Gasteiger partial charge on any atom is 0.250 e. The lowest BCUT2D eigenvalue weighted by atomic mass is 10.0. The van der Waals surface area contributed by atoms with E-state index in [2.05, 4.69) is 34.4 Å². The van der Waals surface area contributed by atoms with Gasteiger partial charge in [-0.25, -0.2) is 5.84 Å². The third kappa shape index (κ3) is 3.12. The number of rotatable bonds is 3. The third-order valence-electron chi connectivity index (χ3n) is 3.83. The molecule has 1 amide bonds. The molecule has 5 nitrogen and oxygen atoms in total. The summed E-state index contributed by atoms with van der Waals surface area (Å²) in [6.45, 7) is 4.66. The number of carbonyl (C=O) groups excluding carboxylic acids is 1. The summed E-state index contributed by atoms with van der Waals surface area (Å²) >= 11 is 0. The predicted octanol–water partition coefficient (Wildman–Crippen LogP) is 0.354. The van der Waals surface area contributed by atoms with Gasteiger partial charge in [-0.1, -0.05) is 30.3 Å². The molecule has 1 aromatic rings. The number of likely N-dealkylation sites (N-methyl/N-ethyl adjacent to an activating group) is 1. The van der Waals surface area contributed by atoms with E-state index in [1.165, 1.54) is 5.56 Å². The molecule has 2 atom stereocenters. The second kappa shape index (κ2) is 6.14. The maximum absolute atomic E-state index is 11.8. The zero-order valence-corrected chi connectivity index (χ0v) is 11.5. The molecular formula is C14H22N4O. The van der Waals surface area contributed by atoms with Crippen LogP contribution in [0.25, 0.3) is 0 Å². The van der Waals surface area contributed by atoms with Crippen molar-refractivity contribution in [3.05, 3.63) is 35.9 Å². The minimum absolute atomic E-state index is 0.134. The van der Waals surface area contributed by atoms with Crippen molar-refractivity contribution in [2.75, 3.05) is 26.7 Å². The van der Waals surface area contributed by atoms with Crippen molar-refractivity contribution >= 4 is 5.91 Å². The van der Waals surface area contributed by atoms with Gasteiger partial charge in [0.2, 0.25) is 0 Å². The molecule has 1 saturated heterocycles. The molecule has 2 rings (SSSR count). The van der Waals surface area contributed by atoms with Gasteiger partial charge >= 0.3 is 0 Å². The number of hydrogen-bond acceptors (Lipinski definition) is 4. The Morgan fingerprint density at radius 1 is 1.37 bits per heavy atom. The van der Waals surface area contributed by atoms with Crippen molar-refractivity contribution in [1.82, 2.24) is 15.2 Å². The van der Waals surface area contributed by atoms with Crippen LogP contribution in [0.3, 0.4) is 0 Å². The first-order valence-corrected chi connectivity index (χ1v) is 6.63. The fourth-order valence-electron chi connectivity index (χ4n) is 2.64. The number of hydrazine groups is 1. The lowest BCUT2D eigenvalue weighted by molar-refractivity contribution is -0.128. The van der Waals surface area contributed by atoms with Crippen LogP contribution in [0.2, 0.25) is 0 Å². The van der Waals surface area contributed by atoms with E-state index in [9.17, 15) is 4.79 Å². The fourth-order valence-corrected chi connectivity index (χ4v) is 2.64. The first-order chi connectivity index (χ1) is 9.13. The molecule has 1 heterocycles. The number of piperazine rings is 1. The highest BCUT2D eigenvalue weighted by molar-refractivity contribution is 5.80. The van der Waals surface area contributed by atoms with Crippen molar-refractivity contribution in [2.24, 2.45) is 5.84 Å². The van der Waals surface area contributed by atoms with Gasteiger partial charge in [0.15, 0.2) is 0 Å². The number of nitrogens with zero attached hydrogens (tertiary/aromatic N) is 2. The molecule has 0 saturated carbocycles. The Balaban J connectivity index is 2.22. The first-order valence-electron chi connectivity index (χ1n) is 6.63. The van der Waals surface area contributed by atoms with E-state index in [1.54, 1.807) is 0 Å². The number of benzene rings is 1. The van der Waals surface area contributed by atoms with Gasteiger partial charge in [-0.2, -0.15) is 0 Å². The predicted molar refractivity (Wildman–Crippen MR) is 75.2 cm³/mol. The molecule has 0 aliphatic carbocycles. The zero-order chi connectivity index (χ0) is 13.8. The average molecular weight is 262 g/mol. The van der Waals surface area contributed by atoms with Gasteiger partial charge in [0.05, 0.1) is 6.04 Å². The van der Waals surface area contributed by atoms with E-state index in [4.69, 9.17) is 5.84 Å². The van der Waals surface area contributed by atoms with Crippen LogP contribution >= 0.6 is 0 Å². The topological polar surface area (TPSA) is 61.6 Å². The number of nitrogens with two attached hydrogens (primary N) is 1. The highest BCUT2D eigenvalue weighted by atomic mass is 16.2. The molecule has 2 unspecified atom stereocenters. The molecule has 1 aromatic carbocycles. The van der Waals surface area contributed by atoms with E-state index in [0.717, 1.165) is 19.6 Å². The smallest absolute Gasteiger partial charge is 0.250 e. The SMILES string of the molecule is CC(C(=O)NN)N1CCN(C)CC1c1ccccc1. The average Bonchev–Trinajstić information content (AvgIpc) is 2.46. The Hall–Kier alpha value is -1.43. The van der Waals surface area contributed by atoms with Gasteiger partial charge in [-0.15, -0.1) is 0 Å². The summed E-state index contributed by atoms with van der Waals surface area (Å²) in [6, 6.07) is 10.3. The molecule has 1 aliphatic heterocycles. The van der Waals surface area contributed by atoms with E-state index in [1.807, 2.05) is 25.1 Å². The van der Waals surface area contributed by atoms with Crippen LogP contribution in [0.4, 0.5) is 0 Å². The summed E-state index contributed by atoms with van der Waals surface area (Å²) < 4.78 is 0. The molecule has 3 N–H and O–H groups in total. The van der Waals surface area contributed by atoms with Crippen LogP contribution in [0.15, 0.2) is 30.3 Å². The molecule has 19 heavy (non-hydrogen) atoms. The monoisotopic (exact) mass is 262 g/mol. The Labute approximate surface area is 114 Å². The first kappa shape index (κ1) is 14.0. The van der Waals surface area contributed by atoms with E-state index >= 15 is 0 Å². The molecule has 5 heteroatoms. The molecule has 0 radical (unpaired) electrons. The van der Waals surface area contributed by atoms with Gasteiger partial charge < -0.3 is 4.90 Å². The minimum Gasteiger partial charge on any atom is -0.303 e. The number of amides is 1. The van der Waals surface area contributed by atoms with Crippen molar-refractivity contribution in [2.45, 2.75) is 19.0 Å². The summed E-state index contributed by atoms with van der Waals surface area (Å²) in [5.74, 6) is 5.12. The normalized spacial score (nSPS) is 23.0. The van der Waals surface area contributed by atoms with Gasteiger partial charge in [0, 0.05) is 25.7 Å². The van der Waals surface area contributed by atoms with E-state index in [0.29, 0.717) is 0 Å². The van der Waals surface area contributed by atoms with Crippen LogP contribution in [0.1, 0.15) is 18.5 Å². The lowest BCUT2D eigenvalue weighted by Gasteiger charge is -2.42. The second-order valence-corrected chi connectivity index (χ2v) is 5.11. The summed E-state index contributed by atoms with van der Waals surface area (Å²) in [4.78, 5) is 16.3. The molecule has 0 bridgehead atoms. The summed E-state index contributed by atoms with van der Waals surface area (Å²) in [7, 11) is 2.11. The third-order valence-corrected chi connectivity index (χ3v) is 3.83. The van der Waals surface area contributed by atoms with Crippen molar-refractivity contribution in [1.29, 1.82) is 0 Å². The summed E-state index contributed by atoms with van der Waals surface area (Å²) in [6.07, 6.45) is 0. The van der Waals surface area contributed by atoms with Gasteiger partial charge in [0.1, 0.15) is 0 Å². The van der Waals surface area contributed by atoms with Crippen LogP contribution in [-0.2, 0) is 4.79 Å². The molecule has 0 aromatic heterocycles. The quantitative estimate of drug-likeness (QED) is 0.469. The lowest BCUT2D eigenvalue weighted by Crippen LogP contribution is -2.55. The van der Waals surface area contributed by atoms with Crippen LogP contribution in [0.5, 0.6) is 0 Å². The molecular weight excluding hydrogens is 240 g/mol. The Kier molecular flexibility index (Phi) is 4.52. The number of carbonyl (C=O) groups is 1. The van der Waals surface area contributed by atoms with Crippen LogP contribution in [-0.4, -0.2) is 48.4 Å². The Bertz CT molecular complexity index is 423. The maximum atomic E-state index is 11.8. The summed E-state index contributed by atoms with van der Waals surface area (Å²) in [5, 5.41) is 0. The van der Waals surface area contributed by atoms with Crippen molar-refractivity contribution < 1.29 is 4.79 Å². The van der Waals surface area contributed by atoms with Crippen LogP contribution < -0.4 is 11.3 Å². The zero-order valence-electron chi connectivity index (χ0n) is 11.5. The minimum atomic E-state index is -0.219. The van der Waals surface area contributed by atoms with Crippen LogP contribution in [0, 0.1) is 0 Å². The second-order valence-electron chi connectivity index (χ2n) is 5.11. The van der Waals surface area contributed by atoms with Gasteiger partial charge in [-0.3, -0.25) is 15.1 Å². The fraction of sp³-hybridized carbons (Fsp3) is 0.500. The number of nitrogens with one attached hydrogen (secondary N) is 1. The van der Waals surface area contributed by atoms with E-state index < -0.39 is 0 Å². The molecule has 1 aliphatic rings. The van der Waals surface area contributed by atoms with Crippen molar-refractivity contribution in [3.63, 3.8) is 0 Å². The Morgan fingerprint density at radius 3 is 2.68 bits per heavy atom. The van der Waals surface area contributed by atoms with Gasteiger partial charge in [0.25, 0.3) is 5.91 Å². The standard InChI is InChI=1S/C14H22N4O/c1-11(14(19)16-15)18-9-8-17(2)10-13(18)12-6-4-3-5-7-12/h3-7,11,13H,8-10,15H2,1-2H3,(H,16,19). The summed E-state index contributed by atoms with van der Waals surface area (Å²) in [5.41, 5.74) is 3.49. The highest BCUT2D eigenvalue weighted by Crippen LogP contribution is 2.26. The molecule has 0 spiro atoms. The largest absolute Gasteiger partial charge is 0.303 e. The van der Waals surface area contributed by atoms with Crippen molar-refractivity contribution in [3.8, 4) is 0 Å². The highest BCUT2D eigenvalue weighted by Gasteiger charge is 2.32.